The van der Waals surface area contributed by atoms with Crippen LogP contribution in [0.3, 0.4) is 0 Å². The molecule has 0 heterocycles. The molecule has 0 radical (unpaired) electrons. The average Bonchev–Trinajstić information content (AvgIpc) is 2.92. The summed E-state index contributed by atoms with van der Waals surface area (Å²) in [7, 11) is 0. The van der Waals surface area contributed by atoms with E-state index in [1.807, 2.05) is 11.1 Å². The first kappa shape index (κ1) is 22.6. The second-order valence-corrected chi connectivity index (χ2v) is 13.1. The molecule has 0 spiro atoms. The quantitative estimate of drug-likeness (QED) is 0.463. The van der Waals surface area contributed by atoms with Gasteiger partial charge in [0.25, 0.3) is 0 Å². The Kier molecular flexibility index (Phi) is 5.66. The fourth-order valence-electron chi connectivity index (χ4n) is 9.30. The molecule has 0 amide bonds. The zero-order valence-corrected chi connectivity index (χ0v) is 21.2. The predicted octanol–water partition coefficient (Wildman–Crippen LogP) is 8.20. The lowest BCUT2D eigenvalue weighted by Gasteiger charge is -2.61. The highest BCUT2D eigenvalue weighted by atomic mass is 14.8. The van der Waals surface area contributed by atoms with Gasteiger partial charge in [-0.2, -0.15) is 0 Å². The molecule has 7 atom stereocenters. The highest BCUT2D eigenvalue weighted by Gasteiger charge is 2.62. The van der Waals surface area contributed by atoms with Gasteiger partial charge in [-0.05, 0) is 119 Å². The fourth-order valence-corrected chi connectivity index (χ4v) is 9.30. The summed E-state index contributed by atoms with van der Waals surface area (Å²) in [6, 6.07) is 0. The Hall–Kier alpha value is -0.560. The lowest BCUT2D eigenvalue weighted by molar-refractivity contribution is 0.00218. The zero-order valence-electron chi connectivity index (χ0n) is 21.2. The van der Waals surface area contributed by atoms with E-state index in [1.54, 1.807) is 0 Å². The molecule has 0 bridgehead atoms. The van der Waals surface area contributed by atoms with Gasteiger partial charge in [-0.15, -0.1) is 0 Å². The number of hydrogen-bond donors (Lipinski definition) is 1. The van der Waals surface area contributed by atoms with Crippen molar-refractivity contribution in [3.8, 4) is 0 Å². The topological polar surface area (TPSA) is 26.0 Å². The third kappa shape index (κ3) is 3.20. The third-order valence-corrected chi connectivity index (χ3v) is 11.2. The van der Waals surface area contributed by atoms with Crippen molar-refractivity contribution < 1.29 is 0 Å². The Morgan fingerprint density at radius 2 is 1.73 bits per heavy atom. The average molecular weight is 412 g/mol. The van der Waals surface area contributed by atoms with Crippen LogP contribution >= 0.6 is 0 Å². The van der Waals surface area contributed by atoms with Crippen molar-refractivity contribution in [1.82, 2.24) is 0 Å². The Morgan fingerprint density at radius 3 is 2.43 bits per heavy atom. The highest BCUT2D eigenvalue weighted by molar-refractivity contribution is 5.39. The maximum Gasteiger partial charge on any atom is 0.0162 e. The number of hydrogen-bond acceptors (Lipinski definition) is 1. The summed E-state index contributed by atoms with van der Waals surface area (Å²) in [4.78, 5) is 0. The van der Waals surface area contributed by atoms with Crippen molar-refractivity contribution >= 4 is 0 Å². The van der Waals surface area contributed by atoms with Crippen LogP contribution in [-0.2, 0) is 0 Å². The van der Waals surface area contributed by atoms with Gasteiger partial charge in [0, 0.05) is 5.54 Å². The monoisotopic (exact) mass is 411 g/mol. The molecule has 2 fully saturated rings. The Labute approximate surface area is 187 Å². The van der Waals surface area contributed by atoms with Gasteiger partial charge >= 0.3 is 0 Å². The lowest BCUT2D eigenvalue weighted by Crippen LogP contribution is -2.58. The van der Waals surface area contributed by atoms with Crippen molar-refractivity contribution in [3.63, 3.8) is 0 Å². The second kappa shape index (κ2) is 7.50. The van der Waals surface area contributed by atoms with Crippen molar-refractivity contribution in [2.45, 2.75) is 125 Å². The molecule has 1 nitrogen and oxygen atoms in total. The van der Waals surface area contributed by atoms with Crippen LogP contribution in [0.4, 0.5) is 0 Å². The second-order valence-electron chi connectivity index (χ2n) is 13.1. The largest absolute Gasteiger partial charge is 0.325 e. The van der Waals surface area contributed by atoms with Gasteiger partial charge < -0.3 is 5.73 Å². The predicted molar refractivity (Wildman–Crippen MR) is 130 cm³/mol. The van der Waals surface area contributed by atoms with Gasteiger partial charge in [-0.25, -0.2) is 0 Å². The molecule has 0 aliphatic heterocycles. The van der Waals surface area contributed by atoms with Crippen LogP contribution in [0.1, 0.15) is 119 Å². The van der Waals surface area contributed by atoms with Gasteiger partial charge in [0.2, 0.25) is 0 Å². The van der Waals surface area contributed by atoms with Gasteiger partial charge in [0.1, 0.15) is 0 Å². The molecule has 4 rings (SSSR count). The van der Waals surface area contributed by atoms with Crippen LogP contribution in [0, 0.1) is 34.0 Å². The smallest absolute Gasteiger partial charge is 0.0162 e. The molecule has 0 aromatic rings. The van der Waals surface area contributed by atoms with E-state index in [9.17, 15) is 0 Å². The first-order chi connectivity index (χ1) is 14.0. The minimum absolute atomic E-state index is 0.0326. The lowest BCUT2D eigenvalue weighted by atomic mass is 9.44. The van der Waals surface area contributed by atoms with E-state index in [4.69, 9.17) is 5.73 Å². The van der Waals surface area contributed by atoms with Gasteiger partial charge in [0.15, 0.2) is 0 Å². The molecule has 1 heteroatoms. The minimum Gasteiger partial charge on any atom is -0.325 e. The third-order valence-electron chi connectivity index (χ3n) is 11.2. The standard InChI is InChI=1S/C29H49N/c1-20(2)10-8-11-21(3)22-14-18-28(6)24-12-13-25-26(4,16-9-17-29(25,7)30)23(24)15-19-27(22,28)5/h10,21-22,25H,8-9,11-19,30H2,1-7H3. The molecule has 7 unspecified atom stereocenters. The molecule has 30 heavy (non-hydrogen) atoms. The molecule has 0 aromatic heterocycles. The first-order valence-corrected chi connectivity index (χ1v) is 13.1. The van der Waals surface area contributed by atoms with Crippen LogP contribution in [0.15, 0.2) is 22.8 Å². The summed E-state index contributed by atoms with van der Waals surface area (Å²) in [6.45, 7) is 17.4. The molecule has 0 saturated heterocycles. The zero-order chi connectivity index (χ0) is 21.9. The van der Waals surface area contributed by atoms with E-state index in [2.05, 4.69) is 54.5 Å². The molecular formula is C29H49N. The van der Waals surface area contributed by atoms with E-state index < -0.39 is 0 Å². The van der Waals surface area contributed by atoms with Crippen molar-refractivity contribution in [1.29, 1.82) is 0 Å². The van der Waals surface area contributed by atoms with Gasteiger partial charge in [-0.1, -0.05) is 56.9 Å². The maximum atomic E-state index is 6.91. The van der Waals surface area contributed by atoms with Crippen LogP contribution in [0.5, 0.6) is 0 Å². The maximum absolute atomic E-state index is 6.91. The van der Waals surface area contributed by atoms with E-state index >= 15 is 0 Å². The highest BCUT2D eigenvalue weighted by Crippen LogP contribution is 2.71. The summed E-state index contributed by atoms with van der Waals surface area (Å²) >= 11 is 0. The van der Waals surface area contributed by atoms with Crippen molar-refractivity contribution in [2.75, 3.05) is 0 Å². The summed E-state index contributed by atoms with van der Waals surface area (Å²) < 4.78 is 0. The number of nitrogens with two attached hydrogens (primary N) is 1. The van der Waals surface area contributed by atoms with Gasteiger partial charge in [0.05, 0.1) is 0 Å². The van der Waals surface area contributed by atoms with E-state index in [1.165, 1.54) is 76.2 Å². The molecular weight excluding hydrogens is 362 g/mol. The van der Waals surface area contributed by atoms with E-state index in [0.29, 0.717) is 22.2 Å². The summed E-state index contributed by atoms with van der Waals surface area (Å²) in [5, 5.41) is 0. The van der Waals surface area contributed by atoms with E-state index in [-0.39, 0.29) is 5.54 Å². The Bertz CT molecular complexity index is 737. The molecule has 4 aliphatic carbocycles. The Balaban J connectivity index is 1.64. The molecule has 2 N–H and O–H groups in total. The number of allylic oxidation sites excluding steroid dienone is 4. The summed E-state index contributed by atoms with van der Waals surface area (Å²) in [5.74, 6) is 2.41. The molecule has 0 aromatic carbocycles. The normalized spacial score (nSPS) is 46.7. The van der Waals surface area contributed by atoms with E-state index in [0.717, 1.165) is 11.8 Å². The Morgan fingerprint density at radius 1 is 1.00 bits per heavy atom. The van der Waals surface area contributed by atoms with Crippen molar-refractivity contribution in [3.05, 3.63) is 22.8 Å². The number of rotatable bonds is 4. The molecule has 4 aliphatic rings. The molecule has 170 valence electrons. The number of fused-ring (bicyclic) bond motifs is 4. The summed E-state index contributed by atoms with van der Waals surface area (Å²) in [5.41, 5.74) is 13.5. The van der Waals surface area contributed by atoms with Crippen LogP contribution in [-0.4, -0.2) is 5.54 Å². The van der Waals surface area contributed by atoms with Crippen LogP contribution < -0.4 is 5.73 Å². The molecule has 2 saturated carbocycles. The van der Waals surface area contributed by atoms with Gasteiger partial charge in [-0.3, -0.25) is 0 Å². The van der Waals surface area contributed by atoms with Crippen molar-refractivity contribution in [2.24, 2.45) is 39.7 Å². The SMILES string of the molecule is CC(C)=CCCC(C)C1CCC2(C)C3=C(CCC12C)C1(C)CCCC(C)(N)C1CC3. The summed E-state index contributed by atoms with van der Waals surface area (Å²) in [6.07, 6.45) is 17.2. The first-order valence-electron chi connectivity index (χ1n) is 13.1. The van der Waals surface area contributed by atoms with Crippen LogP contribution in [0.2, 0.25) is 0 Å². The van der Waals surface area contributed by atoms with Crippen LogP contribution in [0.25, 0.3) is 0 Å². The minimum atomic E-state index is 0.0326. The fraction of sp³-hybridized carbons (Fsp3) is 0.862.